The summed E-state index contributed by atoms with van der Waals surface area (Å²) in [5, 5.41) is 0. The van der Waals surface area contributed by atoms with Crippen LogP contribution in [0.15, 0.2) is 41.3 Å². The van der Waals surface area contributed by atoms with Crippen LogP contribution < -0.4 is 20.3 Å². The number of amides is 2. The topological polar surface area (TPSA) is 114 Å². The predicted molar refractivity (Wildman–Crippen MR) is 113 cm³/mol. The van der Waals surface area contributed by atoms with Gasteiger partial charge in [-0.1, -0.05) is 29.8 Å². The van der Waals surface area contributed by atoms with Gasteiger partial charge in [-0.3, -0.25) is 20.4 Å². The van der Waals surface area contributed by atoms with E-state index in [2.05, 4.69) is 15.6 Å². The van der Waals surface area contributed by atoms with Gasteiger partial charge < -0.3 is 4.74 Å². The van der Waals surface area contributed by atoms with Crippen molar-refractivity contribution in [3.05, 3.63) is 58.7 Å². The number of sulfonamides is 1. The maximum Gasteiger partial charge on any atom is 0.276 e. The molecule has 0 unspecified atom stereocenters. The Hall–Kier alpha value is -2.91. The van der Waals surface area contributed by atoms with Gasteiger partial charge in [-0.05, 0) is 56.5 Å². The number of aryl methyl sites for hydroxylation is 4. The summed E-state index contributed by atoms with van der Waals surface area (Å²) in [6, 6.07) is 10.8. The smallest absolute Gasteiger partial charge is 0.276 e. The fourth-order valence-corrected chi connectivity index (χ4v) is 4.53. The molecule has 0 bridgehead atoms. The van der Waals surface area contributed by atoms with E-state index in [9.17, 15) is 18.0 Å². The second kappa shape index (κ2) is 10.2. The van der Waals surface area contributed by atoms with E-state index in [-0.39, 0.29) is 24.5 Å². The van der Waals surface area contributed by atoms with Crippen LogP contribution in [0.1, 0.15) is 28.7 Å². The fourth-order valence-electron chi connectivity index (χ4n) is 3.05. The molecule has 2 aromatic rings. The van der Waals surface area contributed by atoms with Crippen molar-refractivity contribution in [2.24, 2.45) is 0 Å². The van der Waals surface area contributed by atoms with Gasteiger partial charge in [0.15, 0.2) is 6.61 Å². The molecule has 3 N–H and O–H groups in total. The van der Waals surface area contributed by atoms with Crippen LogP contribution in [0, 0.1) is 27.7 Å². The molecule has 2 amide bonds. The molecule has 2 rings (SSSR count). The van der Waals surface area contributed by atoms with E-state index in [1.807, 2.05) is 26.0 Å². The molecule has 0 atom stereocenters. The Balaban J connectivity index is 1.76. The Kier molecular flexibility index (Phi) is 7.96. The molecule has 0 aliphatic heterocycles. The summed E-state index contributed by atoms with van der Waals surface area (Å²) in [7, 11) is -3.75. The SMILES string of the molecule is Cc1cccc(OCC(=O)NNC(=O)CCNS(=O)(=O)c2c(C)cc(C)cc2C)c1. The largest absolute Gasteiger partial charge is 0.484 e. The lowest BCUT2D eigenvalue weighted by molar-refractivity contribution is -0.129. The van der Waals surface area contributed by atoms with Gasteiger partial charge in [0.25, 0.3) is 5.91 Å². The molecule has 0 spiro atoms. The molecule has 0 saturated carbocycles. The first-order chi connectivity index (χ1) is 14.1. The quantitative estimate of drug-likeness (QED) is 0.550. The van der Waals surface area contributed by atoms with Crippen molar-refractivity contribution in [3.8, 4) is 5.75 Å². The van der Waals surface area contributed by atoms with Gasteiger partial charge in [0.05, 0.1) is 4.90 Å². The number of hydrogen-bond acceptors (Lipinski definition) is 5. The van der Waals surface area contributed by atoms with Gasteiger partial charge in [0.2, 0.25) is 15.9 Å². The minimum Gasteiger partial charge on any atom is -0.484 e. The zero-order valence-corrected chi connectivity index (χ0v) is 18.4. The first kappa shape index (κ1) is 23.4. The Morgan fingerprint density at radius 2 is 1.53 bits per heavy atom. The highest BCUT2D eigenvalue weighted by atomic mass is 32.2. The van der Waals surface area contributed by atoms with Crippen molar-refractivity contribution < 1.29 is 22.7 Å². The Labute approximate surface area is 177 Å². The van der Waals surface area contributed by atoms with Crippen LogP contribution >= 0.6 is 0 Å². The highest BCUT2D eigenvalue weighted by molar-refractivity contribution is 7.89. The standard InChI is InChI=1S/C21H27N3O5S/c1-14-6-5-7-18(12-14)29-13-20(26)24-23-19(25)8-9-22-30(27,28)21-16(3)10-15(2)11-17(21)4/h5-7,10-12,22H,8-9,13H2,1-4H3,(H,23,25)(H,24,26). The number of ether oxygens (including phenoxy) is 1. The van der Waals surface area contributed by atoms with Crippen LogP contribution in [0.4, 0.5) is 0 Å². The van der Waals surface area contributed by atoms with Crippen molar-refractivity contribution >= 4 is 21.8 Å². The third-order valence-corrected chi connectivity index (χ3v) is 5.98. The summed E-state index contributed by atoms with van der Waals surface area (Å²) in [5.41, 5.74) is 7.73. The van der Waals surface area contributed by atoms with E-state index in [4.69, 9.17) is 4.74 Å². The molecular weight excluding hydrogens is 406 g/mol. The molecule has 0 saturated heterocycles. The number of benzene rings is 2. The number of carbonyl (C=O) groups is 2. The number of hydrazine groups is 1. The monoisotopic (exact) mass is 433 g/mol. The molecule has 0 aliphatic rings. The minimum absolute atomic E-state index is 0.101. The van der Waals surface area contributed by atoms with Gasteiger partial charge in [-0.25, -0.2) is 13.1 Å². The molecule has 0 aromatic heterocycles. The average Bonchev–Trinajstić information content (AvgIpc) is 2.63. The van der Waals surface area contributed by atoms with Gasteiger partial charge >= 0.3 is 0 Å². The van der Waals surface area contributed by atoms with E-state index < -0.39 is 21.8 Å². The summed E-state index contributed by atoms with van der Waals surface area (Å²) >= 11 is 0. The van der Waals surface area contributed by atoms with Gasteiger partial charge in [0, 0.05) is 13.0 Å². The molecule has 30 heavy (non-hydrogen) atoms. The Morgan fingerprint density at radius 3 is 2.17 bits per heavy atom. The molecule has 0 heterocycles. The first-order valence-corrected chi connectivity index (χ1v) is 10.9. The third kappa shape index (κ3) is 6.85. The minimum atomic E-state index is -3.75. The molecule has 0 fully saturated rings. The molecule has 8 nitrogen and oxygen atoms in total. The molecular formula is C21H27N3O5S. The number of nitrogens with one attached hydrogen (secondary N) is 3. The Morgan fingerprint density at radius 1 is 0.900 bits per heavy atom. The zero-order valence-electron chi connectivity index (χ0n) is 17.5. The zero-order chi connectivity index (χ0) is 22.3. The van der Waals surface area contributed by atoms with Crippen molar-refractivity contribution in [2.45, 2.75) is 39.0 Å². The van der Waals surface area contributed by atoms with Crippen molar-refractivity contribution in [1.82, 2.24) is 15.6 Å². The second-order valence-electron chi connectivity index (χ2n) is 7.08. The lowest BCUT2D eigenvalue weighted by Crippen LogP contribution is -2.44. The van der Waals surface area contributed by atoms with E-state index in [0.717, 1.165) is 11.1 Å². The van der Waals surface area contributed by atoms with Crippen LogP contribution in [0.5, 0.6) is 5.75 Å². The van der Waals surface area contributed by atoms with Crippen LogP contribution in [-0.2, 0) is 19.6 Å². The van der Waals surface area contributed by atoms with E-state index >= 15 is 0 Å². The summed E-state index contributed by atoms with van der Waals surface area (Å²) in [6.45, 7) is 6.90. The lowest BCUT2D eigenvalue weighted by Gasteiger charge is -2.13. The third-order valence-electron chi connectivity index (χ3n) is 4.22. The average molecular weight is 434 g/mol. The fraction of sp³-hybridized carbons (Fsp3) is 0.333. The van der Waals surface area contributed by atoms with Gasteiger partial charge in [0.1, 0.15) is 5.75 Å². The molecule has 0 aliphatic carbocycles. The number of carbonyl (C=O) groups excluding carboxylic acids is 2. The highest BCUT2D eigenvalue weighted by Gasteiger charge is 2.19. The van der Waals surface area contributed by atoms with Crippen LogP contribution in [0.3, 0.4) is 0 Å². The maximum absolute atomic E-state index is 12.5. The maximum atomic E-state index is 12.5. The predicted octanol–water partition coefficient (Wildman–Crippen LogP) is 1.82. The molecule has 9 heteroatoms. The van der Waals surface area contributed by atoms with E-state index in [0.29, 0.717) is 16.9 Å². The summed E-state index contributed by atoms with van der Waals surface area (Å²) in [5.74, 6) is -0.511. The van der Waals surface area contributed by atoms with E-state index in [1.165, 1.54) is 0 Å². The van der Waals surface area contributed by atoms with Gasteiger partial charge in [-0.2, -0.15) is 0 Å². The van der Waals surface area contributed by atoms with Gasteiger partial charge in [-0.15, -0.1) is 0 Å². The molecule has 0 radical (unpaired) electrons. The van der Waals surface area contributed by atoms with Crippen LogP contribution in [0.25, 0.3) is 0 Å². The first-order valence-electron chi connectivity index (χ1n) is 9.43. The number of hydrogen-bond donors (Lipinski definition) is 3. The van der Waals surface area contributed by atoms with Crippen molar-refractivity contribution in [3.63, 3.8) is 0 Å². The van der Waals surface area contributed by atoms with E-state index in [1.54, 1.807) is 38.1 Å². The molecule has 2 aromatic carbocycles. The summed E-state index contributed by atoms with van der Waals surface area (Å²) < 4.78 is 32.8. The highest BCUT2D eigenvalue weighted by Crippen LogP contribution is 2.21. The van der Waals surface area contributed by atoms with Crippen LogP contribution in [-0.4, -0.2) is 33.4 Å². The van der Waals surface area contributed by atoms with Crippen molar-refractivity contribution in [2.75, 3.05) is 13.2 Å². The van der Waals surface area contributed by atoms with Crippen LogP contribution in [0.2, 0.25) is 0 Å². The normalized spacial score (nSPS) is 11.1. The summed E-state index contributed by atoms with van der Waals surface area (Å²) in [6.07, 6.45) is -0.137. The Bertz CT molecular complexity index is 1010. The van der Waals surface area contributed by atoms with Crippen molar-refractivity contribution in [1.29, 1.82) is 0 Å². The number of rotatable bonds is 8. The molecule has 162 valence electrons. The second-order valence-corrected chi connectivity index (χ2v) is 8.78. The summed E-state index contributed by atoms with van der Waals surface area (Å²) in [4.78, 5) is 23.8. The lowest BCUT2D eigenvalue weighted by atomic mass is 10.1.